The quantitative estimate of drug-likeness (QED) is 0.834. The lowest BCUT2D eigenvalue weighted by atomic mass is 9.99. The van der Waals surface area contributed by atoms with Crippen molar-refractivity contribution in [2.75, 3.05) is 6.54 Å². The van der Waals surface area contributed by atoms with E-state index in [0.29, 0.717) is 12.8 Å². The predicted molar refractivity (Wildman–Crippen MR) is 52.3 cm³/mol. The van der Waals surface area contributed by atoms with Crippen molar-refractivity contribution in [3.63, 3.8) is 0 Å². The summed E-state index contributed by atoms with van der Waals surface area (Å²) >= 11 is 0. The van der Waals surface area contributed by atoms with Crippen LogP contribution in [0, 0.1) is 0 Å². The van der Waals surface area contributed by atoms with E-state index in [-0.39, 0.29) is 13.0 Å². The standard InChI is InChI=1S/C10H14F3NO3/c11-10(12,13)6-8(15)14-4-2-1-3-7(14)5-9(16)17/h7H,1-6H2,(H,16,17). The van der Waals surface area contributed by atoms with Crippen molar-refractivity contribution in [2.24, 2.45) is 0 Å². The first kappa shape index (κ1) is 13.8. The Balaban J connectivity index is 2.64. The highest BCUT2D eigenvalue weighted by atomic mass is 19.4. The molecule has 1 atom stereocenters. The third-order valence-corrected chi connectivity index (χ3v) is 2.71. The average Bonchev–Trinajstić information content (AvgIpc) is 2.14. The van der Waals surface area contributed by atoms with Gasteiger partial charge in [0, 0.05) is 12.6 Å². The fraction of sp³-hybridized carbons (Fsp3) is 0.800. The lowest BCUT2D eigenvalue weighted by Crippen LogP contribution is -2.46. The van der Waals surface area contributed by atoms with Crippen LogP contribution in [0.4, 0.5) is 13.2 Å². The zero-order valence-electron chi connectivity index (χ0n) is 9.16. The Labute approximate surface area is 96.4 Å². The van der Waals surface area contributed by atoms with E-state index in [1.165, 1.54) is 0 Å². The molecule has 17 heavy (non-hydrogen) atoms. The van der Waals surface area contributed by atoms with Crippen molar-refractivity contribution < 1.29 is 27.9 Å². The van der Waals surface area contributed by atoms with Gasteiger partial charge in [-0.2, -0.15) is 13.2 Å². The Hall–Kier alpha value is -1.27. The van der Waals surface area contributed by atoms with Crippen molar-refractivity contribution in [3.8, 4) is 0 Å². The number of alkyl halides is 3. The summed E-state index contributed by atoms with van der Waals surface area (Å²) < 4.78 is 36.3. The molecule has 0 aliphatic carbocycles. The Morgan fingerprint density at radius 2 is 1.94 bits per heavy atom. The van der Waals surface area contributed by atoms with Gasteiger partial charge >= 0.3 is 12.1 Å². The molecule has 1 amide bonds. The number of likely N-dealkylation sites (tertiary alicyclic amines) is 1. The molecule has 1 unspecified atom stereocenters. The summed E-state index contributed by atoms with van der Waals surface area (Å²) in [5.74, 6) is -2.12. The molecule has 1 aliphatic rings. The van der Waals surface area contributed by atoms with E-state index in [9.17, 15) is 22.8 Å². The number of aliphatic carboxylic acids is 1. The number of halogens is 3. The summed E-state index contributed by atoms with van der Waals surface area (Å²) in [5, 5.41) is 8.64. The molecule has 4 nitrogen and oxygen atoms in total. The van der Waals surface area contributed by atoms with Crippen LogP contribution in [0.25, 0.3) is 0 Å². The number of carboxylic acids is 1. The molecule has 1 heterocycles. The second kappa shape index (κ2) is 5.37. The molecule has 1 N–H and O–H groups in total. The van der Waals surface area contributed by atoms with Crippen LogP contribution in [0.15, 0.2) is 0 Å². The summed E-state index contributed by atoms with van der Waals surface area (Å²) in [6.07, 6.45) is -4.52. The molecule has 0 bridgehead atoms. The molecule has 1 fully saturated rings. The van der Waals surface area contributed by atoms with Gasteiger partial charge in [0.05, 0.1) is 6.42 Å². The van der Waals surface area contributed by atoms with Crippen LogP contribution in [-0.4, -0.2) is 40.6 Å². The highest BCUT2D eigenvalue weighted by Gasteiger charge is 2.36. The van der Waals surface area contributed by atoms with Crippen molar-refractivity contribution in [2.45, 2.75) is 44.3 Å². The van der Waals surface area contributed by atoms with Crippen molar-refractivity contribution in [1.82, 2.24) is 4.90 Å². The van der Waals surface area contributed by atoms with E-state index in [1.54, 1.807) is 0 Å². The maximum atomic E-state index is 12.1. The number of carboxylic acid groups (broad SMARTS) is 1. The topological polar surface area (TPSA) is 57.6 Å². The van der Waals surface area contributed by atoms with Gasteiger partial charge < -0.3 is 10.0 Å². The first-order valence-corrected chi connectivity index (χ1v) is 5.37. The Bertz CT molecular complexity index is 304. The molecular weight excluding hydrogens is 239 g/mol. The molecule has 0 radical (unpaired) electrons. The normalized spacial score (nSPS) is 21.4. The maximum absolute atomic E-state index is 12.1. The highest BCUT2D eigenvalue weighted by molar-refractivity contribution is 5.78. The minimum atomic E-state index is -4.54. The molecule has 1 aliphatic heterocycles. The average molecular weight is 253 g/mol. The first-order valence-electron chi connectivity index (χ1n) is 5.37. The van der Waals surface area contributed by atoms with E-state index in [4.69, 9.17) is 5.11 Å². The van der Waals surface area contributed by atoms with Crippen LogP contribution in [-0.2, 0) is 9.59 Å². The largest absolute Gasteiger partial charge is 0.481 e. The summed E-state index contributed by atoms with van der Waals surface area (Å²) in [5.41, 5.74) is 0. The third-order valence-electron chi connectivity index (χ3n) is 2.71. The molecular formula is C10H14F3NO3. The molecule has 98 valence electrons. The van der Waals surface area contributed by atoms with E-state index in [1.807, 2.05) is 0 Å². The van der Waals surface area contributed by atoms with E-state index < -0.39 is 30.5 Å². The second-order valence-electron chi connectivity index (χ2n) is 4.13. The SMILES string of the molecule is O=C(O)CC1CCCCN1C(=O)CC(F)(F)F. The van der Waals surface area contributed by atoms with Crippen LogP contribution in [0.1, 0.15) is 32.1 Å². The molecule has 0 aromatic carbocycles. The zero-order chi connectivity index (χ0) is 13.1. The number of carbonyl (C=O) groups is 2. The van der Waals surface area contributed by atoms with Gasteiger partial charge in [-0.1, -0.05) is 0 Å². The van der Waals surface area contributed by atoms with Gasteiger partial charge in [-0.15, -0.1) is 0 Å². The lowest BCUT2D eigenvalue weighted by molar-refractivity contribution is -0.164. The minimum Gasteiger partial charge on any atom is -0.481 e. The summed E-state index contributed by atoms with van der Waals surface area (Å²) in [6.45, 7) is 0.215. The Kier molecular flexibility index (Phi) is 4.36. The summed E-state index contributed by atoms with van der Waals surface area (Å²) in [4.78, 5) is 23.0. The van der Waals surface area contributed by atoms with Gasteiger partial charge in [0.2, 0.25) is 5.91 Å². The van der Waals surface area contributed by atoms with Crippen LogP contribution in [0.2, 0.25) is 0 Å². The predicted octanol–water partition coefficient (Wildman–Crippen LogP) is 1.79. The van der Waals surface area contributed by atoms with Crippen molar-refractivity contribution in [1.29, 1.82) is 0 Å². The number of amides is 1. The molecule has 7 heteroatoms. The van der Waals surface area contributed by atoms with Crippen LogP contribution < -0.4 is 0 Å². The lowest BCUT2D eigenvalue weighted by Gasteiger charge is -2.35. The second-order valence-corrected chi connectivity index (χ2v) is 4.13. The fourth-order valence-electron chi connectivity index (χ4n) is 2.02. The van der Waals surface area contributed by atoms with Crippen LogP contribution in [0.5, 0.6) is 0 Å². The highest BCUT2D eigenvalue weighted by Crippen LogP contribution is 2.25. The number of carbonyl (C=O) groups excluding carboxylic acids is 1. The fourth-order valence-corrected chi connectivity index (χ4v) is 2.02. The molecule has 0 spiro atoms. The Morgan fingerprint density at radius 3 is 2.47 bits per heavy atom. The number of piperidine rings is 1. The number of rotatable bonds is 3. The Morgan fingerprint density at radius 1 is 1.29 bits per heavy atom. The van der Waals surface area contributed by atoms with E-state index in [2.05, 4.69) is 0 Å². The minimum absolute atomic E-state index is 0.215. The number of hydrogen-bond acceptors (Lipinski definition) is 2. The monoisotopic (exact) mass is 253 g/mol. The van der Waals surface area contributed by atoms with E-state index in [0.717, 1.165) is 11.3 Å². The van der Waals surface area contributed by atoms with Gasteiger partial charge in [0.15, 0.2) is 0 Å². The van der Waals surface area contributed by atoms with Crippen LogP contribution in [0.3, 0.4) is 0 Å². The molecule has 1 saturated heterocycles. The molecule has 0 aromatic rings. The number of nitrogens with zero attached hydrogens (tertiary/aromatic N) is 1. The van der Waals surface area contributed by atoms with Crippen molar-refractivity contribution >= 4 is 11.9 Å². The molecule has 1 rings (SSSR count). The summed E-state index contributed by atoms with van der Waals surface area (Å²) in [6, 6.07) is -0.601. The van der Waals surface area contributed by atoms with Gasteiger partial charge in [0.1, 0.15) is 6.42 Å². The summed E-state index contributed by atoms with van der Waals surface area (Å²) in [7, 11) is 0. The molecule has 0 aromatic heterocycles. The van der Waals surface area contributed by atoms with Gasteiger partial charge in [0.25, 0.3) is 0 Å². The van der Waals surface area contributed by atoms with Gasteiger partial charge in [-0.05, 0) is 19.3 Å². The van der Waals surface area contributed by atoms with Gasteiger partial charge in [-0.3, -0.25) is 9.59 Å². The first-order chi connectivity index (χ1) is 7.79. The maximum Gasteiger partial charge on any atom is 0.397 e. The van der Waals surface area contributed by atoms with Crippen molar-refractivity contribution in [3.05, 3.63) is 0 Å². The zero-order valence-corrected chi connectivity index (χ0v) is 9.16. The van der Waals surface area contributed by atoms with Gasteiger partial charge in [-0.25, -0.2) is 0 Å². The smallest absolute Gasteiger partial charge is 0.397 e. The third kappa shape index (κ3) is 4.62. The number of hydrogen-bond donors (Lipinski definition) is 1. The van der Waals surface area contributed by atoms with Crippen LogP contribution >= 0.6 is 0 Å². The molecule has 0 saturated carbocycles. The van der Waals surface area contributed by atoms with E-state index >= 15 is 0 Å².